The number of carbonyl (C=O) groups is 2. The molecular formula is C18H23O7P. The van der Waals surface area contributed by atoms with E-state index in [0.717, 1.165) is 23.3 Å². The topological polar surface area (TPSA) is 88.1 Å². The highest BCUT2D eigenvalue weighted by molar-refractivity contribution is 7.62. The Bertz CT molecular complexity index is 679. The molecule has 8 heteroatoms. The van der Waals surface area contributed by atoms with Gasteiger partial charge >= 0.3 is 19.5 Å². The van der Waals surface area contributed by atoms with Gasteiger partial charge in [0.05, 0.1) is 18.5 Å². The lowest BCUT2D eigenvalue weighted by Gasteiger charge is -2.21. The molecule has 0 amide bonds. The average Bonchev–Trinajstić information content (AvgIpc) is 2.64. The lowest BCUT2D eigenvalue weighted by Crippen LogP contribution is -2.19. The molecule has 0 aliphatic rings. The highest BCUT2D eigenvalue weighted by Crippen LogP contribution is 2.48. The van der Waals surface area contributed by atoms with Gasteiger partial charge in [0.15, 0.2) is 0 Å². The van der Waals surface area contributed by atoms with Crippen LogP contribution in [0.1, 0.15) is 11.1 Å². The fourth-order valence-corrected chi connectivity index (χ4v) is 3.76. The molecule has 1 rings (SSSR count). The van der Waals surface area contributed by atoms with E-state index in [0.29, 0.717) is 5.30 Å². The van der Waals surface area contributed by atoms with Crippen molar-refractivity contribution in [1.82, 2.24) is 0 Å². The van der Waals surface area contributed by atoms with E-state index in [1.165, 1.54) is 0 Å². The van der Waals surface area contributed by atoms with Crippen LogP contribution in [0, 0.1) is 13.8 Å². The van der Waals surface area contributed by atoms with Crippen LogP contribution in [0.25, 0.3) is 0 Å². The van der Waals surface area contributed by atoms with Gasteiger partial charge in [0.1, 0.15) is 13.2 Å². The van der Waals surface area contributed by atoms with Crippen molar-refractivity contribution in [2.45, 2.75) is 13.8 Å². The average molecular weight is 382 g/mol. The van der Waals surface area contributed by atoms with E-state index < -0.39 is 19.5 Å². The molecule has 1 aromatic carbocycles. The molecule has 0 radical (unpaired) electrons. The maximum Gasteiger partial charge on any atom is 0.361 e. The molecule has 1 aromatic rings. The number of aryl methyl sites for hydroxylation is 1. The van der Waals surface area contributed by atoms with Gasteiger partial charge in [-0.05, 0) is 31.0 Å². The minimum Gasteiger partial charge on any atom is -0.460 e. The van der Waals surface area contributed by atoms with Crippen molar-refractivity contribution >= 4 is 24.8 Å². The second-order valence-corrected chi connectivity index (χ2v) is 7.12. The third-order valence-corrected chi connectivity index (χ3v) is 5.50. The van der Waals surface area contributed by atoms with Crippen molar-refractivity contribution in [3.8, 4) is 0 Å². The summed E-state index contributed by atoms with van der Waals surface area (Å²) < 4.78 is 33.8. The summed E-state index contributed by atoms with van der Waals surface area (Å²) >= 11 is 0. The van der Waals surface area contributed by atoms with Crippen LogP contribution >= 0.6 is 7.60 Å². The lowest BCUT2D eigenvalue weighted by atomic mass is 10.1. The van der Waals surface area contributed by atoms with Crippen LogP contribution < -0.4 is 5.30 Å². The molecule has 0 saturated heterocycles. The Morgan fingerprint density at radius 1 is 0.962 bits per heavy atom. The van der Waals surface area contributed by atoms with Gasteiger partial charge in [-0.15, -0.1) is 0 Å². The number of carbonyl (C=O) groups excluding carboxylic acids is 2. The lowest BCUT2D eigenvalue weighted by molar-refractivity contribution is -0.139. The zero-order valence-corrected chi connectivity index (χ0v) is 15.8. The molecule has 0 spiro atoms. The van der Waals surface area contributed by atoms with E-state index in [4.69, 9.17) is 18.5 Å². The van der Waals surface area contributed by atoms with Crippen molar-refractivity contribution in [2.24, 2.45) is 0 Å². The molecule has 26 heavy (non-hydrogen) atoms. The monoisotopic (exact) mass is 382 g/mol. The molecule has 7 nitrogen and oxygen atoms in total. The van der Waals surface area contributed by atoms with Gasteiger partial charge in [-0.2, -0.15) is 0 Å². The van der Waals surface area contributed by atoms with Crippen molar-refractivity contribution in [3.63, 3.8) is 0 Å². The molecule has 0 aliphatic heterocycles. The summed E-state index contributed by atoms with van der Waals surface area (Å²) in [5.41, 5.74) is 1.69. The summed E-state index contributed by atoms with van der Waals surface area (Å²) in [4.78, 5) is 22.1. The van der Waals surface area contributed by atoms with Gasteiger partial charge < -0.3 is 18.5 Å². The molecule has 142 valence electrons. The van der Waals surface area contributed by atoms with Gasteiger partial charge in [-0.25, -0.2) is 9.59 Å². The maximum atomic E-state index is 13.3. The van der Waals surface area contributed by atoms with Crippen molar-refractivity contribution < 1.29 is 32.7 Å². The fraction of sp³-hybridized carbons (Fsp3) is 0.333. The highest BCUT2D eigenvalue weighted by Gasteiger charge is 2.30. The van der Waals surface area contributed by atoms with E-state index >= 15 is 0 Å². The van der Waals surface area contributed by atoms with Crippen molar-refractivity contribution in [1.29, 1.82) is 0 Å². The van der Waals surface area contributed by atoms with E-state index in [1.807, 2.05) is 13.0 Å². The molecule has 0 atom stereocenters. The Hall–Kier alpha value is -2.21. The minimum absolute atomic E-state index is 0.103. The third kappa shape index (κ3) is 6.59. The molecule has 0 heterocycles. The van der Waals surface area contributed by atoms with Gasteiger partial charge in [0.2, 0.25) is 0 Å². The van der Waals surface area contributed by atoms with Gasteiger partial charge in [0.25, 0.3) is 0 Å². The summed E-state index contributed by atoms with van der Waals surface area (Å²) in [7, 11) is -3.71. The number of rotatable bonds is 11. The number of hydrogen-bond donors (Lipinski definition) is 0. The van der Waals surface area contributed by atoms with Gasteiger partial charge in [-0.1, -0.05) is 25.3 Å². The number of hydrogen-bond acceptors (Lipinski definition) is 7. The van der Waals surface area contributed by atoms with Gasteiger partial charge in [-0.3, -0.25) is 4.57 Å². The van der Waals surface area contributed by atoms with Crippen LogP contribution in [-0.2, 0) is 32.7 Å². The largest absolute Gasteiger partial charge is 0.460 e. The number of benzene rings is 1. The number of ether oxygens (including phenoxy) is 2. The Morgan fingerprint density at radius 2 is 1.46 bits per heavy atom. The van der Waals surface area contributed by atoms with Crippen molar-refractivity contribution in [3.05, 3.63) is 54.6 Å². The number of esters is 2. The molecular weight excluding hydrogens is 359 g/mol. The van der Waals surface area contributed by atoms with Crippen LogP contribution in [0.15, 0.2) is 43.5 Å². The molecule has 0 aromatic heterocycles. The summed E-state index contributed by atoms with van der Waals surface area (Å²) in [6.07, 6.45) is 2.05. The van der Waals surface area contributed by atoms with Crippen LogP contribution in [0.3, 0.4) is 0 Å². The predicted molar refractivity (Wildman–Crippen MR) is 97.4 cm³/mol. The van der Waals surface area contributed by atoms with E-state index in [1.54, 1.807) is 19.1 Å². The summed E-state index contributed by atoms with van der Waals surface area (Å²) in [5.74, 6) is -1.21. The first-order chi connectivity index (χ1) is 12.3. The van der Waals surface area contributed by atoms with Crippen LogP contribution in [-0.4, -0.2) is 38.4 Å². The molecule has 0 saturated carbocycles. The van der Waals surface area contributed by atoms with Crippen LogP contribution in [0.4, 0.5) is 0 Å². The normalized spacial score (nSPS) is 10.8. The van der Waals surface area contributed by atoms with E-state index in [2.05, 4.69) is 13.2 Å². The zero-order valence-electron chi connectivity index (χ0n) is 14.9. The third-order valence-electron chi connectivity index (χ3n) is 3.38. The SMILES string of the molecule is C=CC(=O)OCCOP(=O)(OCCOC(=O)C=C)c1cccc(C)c1C. The minimum atomic E-state index is -3.71. The Morgan fingerprint density at radius 3 is 1.92 bits per heavy atom. The Kier molecular flexibility index (Phi) is 8.99. The second kappa shape index (κ2) is 10.7. The smallest absolute Gasteiger partial charge is 0.361 e. The Labute approximate surface area is 153 Å². The Balaban J connectivity index is 2.83. The molecule has 0 bridgehead atoms. The predicted octanol–water partition coefficient (Wildman–Crippen LogP) is 2.61. The fourth-order valence-electron chi connectivity index (χ4n) is 1.93. The first-order valence-electron chi connectivity index (χ1n) is 7.88. The summed E-state index contributed by atoms with van der Waals surface area (Å²) in [6.45, 7) is 9.79. The van der Waals surface area contributed by atoms with E-state index in [9.17, 15) is 14.2 Å². The molecule has 0 fully saturated rings. The quantitative estimate of drug-likeness (QED) is 0.252. The van der Waals surface area contributed by atoms with Gasteiger partial charge in [0, 0.05) is 12.2 Å². The first-order valence-corrected chi connectivity index (χ1v) is 9.42. The van der Waals surface area contributed by atoms with E-state index in [-0.39, 0.29) is 26.4 Å². The molecule has 0 unspecified atom stereocenters. The van der Waals surface area contributed by atoms with Crippen LogP contribution in [0.2, 0.25) is 0 Å². The maximum absolute atomic E-state index is 13.3. The van der Waals surface area contributed by atoms with Crippen molar-refractivity contribution in [2.75, 3.05) is 26.4 Å². The summed E-state index contributed by atoms with van der Waals surface area (Å²) in [6, 6.07) is 5.27. The highest BCUT2D eigenvalue weighted by atomic mass is 31.2. The zero-order chi connectivity index (χ0) is 19.6. The summed E-state index contributed by atoms with van der Waals surface area (Å²) in [5, 5.41) is 0.405. The molecule has 0 N–H and O–H groups in total. The standard InChI is InChI=1S/C18H23O7P/c1-5-17(19)22-10-12-24-26(21,25-13-11-23-18(20)6-2)16-9-7-8-14(3)15(16)4/h5-9H,1-2,10-13H2,3-4H3. The second-order valence-electron chi connectivity index (χ2n) is 5.13. The molecule has 0 aliphatic carbocycles. The van der Waals surface area contributed by atoms with Crippen LogP contribution in [0.5, 0.6) is 0 Å². The first kappa shape index (κ1) is 21.8.